The molecule has 1 aromatic carbocycles. The fourth-order valence-corrected chi connectivity index (χ4v) is 1.07. The summed E-state index contributed by atoms with van der Waals surface area (Å²) >= 11 is 0. The lowest BCUT2D eigenvalue weighted by atomic mass is 10.1. The van der Waals surface area contributed by atoms with Gasteiger partial charge in [-0.05, 0) is 17.7 Å². The molecule has 6 heteroatoms. The largest absolute Gasteiger partial charge is 0.416 e. The van der Waals surface area contributed by atoms with Crippen LogP contribution in [0.25, 0.3) is 0 Å². The van der Waals surface area contributed by atoms with Crippen molar-refractivity contribution in [2.24, 2.45) is 5.73 Å². The van der Waals surface area contributed by atoms with Gasteiger partial charge in [-0.25, -0.2) is 4.39 Å². The molecule has 0 unspecified atom stereocenters. The second-order valence-electron chi connectivity index (χ2n) is 2.73. The van der Waals surface area contributed by atoms with Crippen molar-refractivity contribution in [1.82, 2.24) is 0 Å². The smallest absolute Gasteiger partial charge is 0.396 e. The molecular weight excluding hydrogens is 200 g/mol. The Morgan fingerprint density at radius 2 is 1.79 bits per heavy atom. The van der Waals surface area contributed by atoms with Crippen LogP contribution in [0.3, 0.4) is 0 Å². The Hall–Kier alpha value is -1.30. The highest BCUT2D eigenvalue weighted by Crippen LogP contribution is 2.33. The van der Waals surface area contributed by atoms with E-state index in [0.717, 1.165) is 6.07 Å². The Balaban J connectivity index is 3.35. The molecule has 0 fully saturated rings. The first kappa shape index (κ1) is 10.8. The lowest BCUT2D eigenvalue weighted by Gasteiger charge is -2.12. The van der Waals surface area contributed by atoms with Crippen molar-refractivity contribution in [1.29, 1.82) is 0 Å². The summed E-state index contributed by atoms with van der Waals surface area (Å²) < 4.78 is 49.6. The Morgan fingerprint density at radius 3 is 2.21 bits per heavy atom. The number of nitrogens with two attached hydrogens (primary N) is 2. The molecule has 0 radical (unpaired) electrons. The van der Waals surface area contributed by atoms with Crippen molar-refractivity contribution < 1.29 is 17.6 Å². The molecule has 0 bridgehead atoms. The molecule has 0 aliphatic heterocycles. The highest BCUT2D eigenvalue weighted by Gasteiger charge is 2.33. The minimum atomic E-state index is -4.61. The van der Waals surface area contributed by atoms with E-state index in [2.05, 4.69) is 0 Å². The fourth-order valence-electron chi connectivity index (χ4n) is 1.07. The normalized spacial score (nSPS) is 11.8. The van der Waals surface area contributed by atoms with Gasteiger partial charge in [0.15, 0.2) is 0 Å². The molecule has 2 nitrogen and oxygen atoms in total. The molecule has 1 rings (SSSR count). The predicted molar refractivity (Wildman–Crippen MR) is 43.7 cm³/mol. The van der Waals surface area contributed by atoms with Crippen LogP contribution in [-0.4, -0.2) is 0 Å². The highest BCUT2D eigenvalue weighted by molar-refractivity contribution is 5.47. The summed E-state index contributed by atoms with van der Waals surface area (Å²) in [4.78, 5) is 0. The van der Waals surface area contributed by atoms with E-state index in [1.165, 1.54) is 0 Å². The summed E-state index contributed by atoms with van der Waals surface area (Å²) in [5.74, 6) is -1.09. The number of benzene rings is 1. The van der Waals surface area contributed by atoms with E-state index < -0.39 is 17.6 Å². The van der Waals surface area contributed by atoms with E-state index in [0.29, 0.717) is 6.07 Å². The summed E-state index contributed by atoms with van der Waals surface area (Å²) in [5, 5.41) is 0. The Kier molecular flexibility index (Phi) is 2.66. The molecule has 0 aromatic heterocycles. The van der Waals surface area contributed by atoms with E-state index >= 15 is 0 Å². The van der Waals surface area contributed by atoms with Gasteiger partial charge in [0.2, 0.25) is 0 Å². The average molecular weight is 208 g/mol. The number of hydrogen-bond donors (Lipinski definition) is 2. The maximum atomic E-state index is 12.8. The van der Waals surface area contributed by atoms with Gasteiger partial charge in [0, 0.05) is 6.54 Å². The topological polar surface area (TPSA) is 52.0 Å². The van der Waals surface area contributed by atoms with Crippen LogP contribution in [0, 0.1) is 5.82 Å². The third-order valence-electron chi connectivity index (χ3n) is 1.75. The Labute approximate surface area is 77.5 Å². The van der Waals surface area contributed by atoms with Gasteiger partial charge in [-0.1, -0.05) is 0 Å². The monoisotopic (exact) mass is 208 g/mol. The number of halogens is 4. The molecule has 0 atom stereocenters. The Bertz CT molecular complexity index is 346. The quantitative estimate of drug-likeness (QED) is 0.547. The van der Waals surface area contributed by atoms with E-state index in [1.54, 1.807) is 0 Å². The standard InChI is InChI=1S/C8H8F4N2/c9-6-2-5(8(10,11)12)4(3-13)1-7(6)14/h1-2H,3,13-14H2. The van der Waals surface area contributed by atoms with E-state index in [9.17, 15) is 17.6 Å². The zero-order chi connectivity index (χ0) is 10.9. The van der Waals surface area contributed by atoms with Gasteiger partial charge in [-0.2, -0.15) is 13.2 Å². The van der Waals surface area contributed by atoms with Gasteiger partial charge < -0.3 is 11.5 Å². The number of rotatable bonds is 1. The van der Waals surface area contributed by atoms with Crippen molar-refractivity contribution in [2.45, 2.75) is 12.7 Å². The van der Waals surface area contributed by atoms with Crippen LogP contribution in [0.5, 0.6) is 0 Å². The molecule has 78 valence electrons. The van der Waals surface area contributed by atoms with Crippen molar-refractivity contribution in [3.05, 3.63) is 29.1 Å². The summed E-state index contributed by atoms with van der Waals surface area (Å²) in [6.07, 6.45) is -4.61. The zero-order valence-corrected chi connectivity index (χ0v) is 7.03. The average Bonchev–Trinajstić information content (AvgIpc) is 2.07. The molecule has 4 N–H and O–H groups in total. The minimum absolute atomic E-state index is 0.212. The molecule has 0 saturated carbocycles. The van der Waals surface area contributed by atoms with Crippen LogP contribution < -0.4 is 11.5 Å². The first-order chi connectivity index (χ1) is 6.36. The van der Waals surface area contributed by atoms with Crippen LogP contribution >= 0.6 is 0 Å². The maximum absolute atomic E-state index is 12.8. The van der Waals surface area contributed by atoms with Gasteiger partial charge in [-0.15, -0.1) is 0 Å². The van der Waals surface area contributed by atoms with Gasteiger partial charge in [0.1, 0.15) is 5.82 Å². The summed E-state index contributed by atoms with van der Waals surface area (Å²) in [6, 6.07) is 1.26. The summed E-state index contributed by atoms with van der Waals surface area (Å²) in [5.41, 5.74) is 8.58. The Morgan fingerprint density at radius 1 is 1.21 bits per heavy atom. The van der Waals surface area contributed by atoms with Crippen LogP contribution in [0.2, 0.25) is 0 Å². The SMILES string of the molecule is NCc1cc(N)c(F)cc1C(F)(F)F. The first-order valence-electron chi connectivity index (χ1n) is 3.71. The highest BCUT2D eigenvalue weighted by atomic mass is 19.4. The summed E-state index contributed by atoms with van der Waals surface area (Å²) in [6.45, 7) is -0.334. The van der Waals surface area contributed by atoms with E-state index in [4.69, 9.17) is 11.5 Å². The minimum Gasteiger partial charge on any atom is -0.396 e. The molecule has 0 aliphatic carbocycles. The van der Waals surface area contributed by atoms with Gasteiger partial charge >= 0.3 is 6.18 Å². The fraction of sp³-hybridized carbons (Fsp3) is 0.250. The van der Waals surface area contributed by atoms with Crippen LogP contribution in [0.15, 0.2) is 12.1 Å². The van der Waals surface area contributed by atoms with Crippen LogP contribution in [0.1, 0.15) is 11.1 Å². The molecule has 1 aromatic rings. The second kappa shape index (κ2) is 3.45. The van der Waals surface area contributed by atoms with Gasteiger partial charge in [-0.3, -0.25) is 0 Å². The second-order valence-corrected chi connectivity index (χ2v) is 2.73. The van der Waals surface area contributed by atoms with E-state index in [-0.39, 0.29) is 17.8 Å². The molecule has 0 saturated heterocycles. The van der Waals surface area contributed by atoms with Gasteiger partial charge in [0.05, 0.1) is 11.3 Å². The molecular formula is C8H8F4N2. The molecule has 0 aliphatic rings. The lowest BCUT2D eigenvalue weighted by molar-refractivity contribution is -0.138. The van der Waals surface area contributed by atoms with Crippen molar-refractivity contribution in [2.75, 3.05) is 5.73 Å². The molecule has 14 heavy (non-hydrogen) atoms. The zero-order valence-electron chi connectivity index (χ0n) is 7.03. The number of alkyl halides is 3. The number of anilines is 1. The van der Waals surface area contributed by atoms with Crippen LogP contribution in [-0.2, 0) is 12.7 Å². The number of hydrogen-bond acceptors (Lipinski definition) is 2. The van der Waals surface area contributed by atoms with Gasteiger partial charge in [0.25, 0.3) is 0 Å². The van der Waals surface area contributed by atoms with Crippen LogP contribution in [0.4, 0.5) is 23.2 Å². The maximum Gasteiger partial charge on any atom is 0.416 e. The van der Waals surface area contributed by atoms with Crippen molar-refractivity contribution >= 4 is 5.69 Å². The molecule has 0 heterocycles. The summed E-state index contributed by atoms with van der Waals surface area (Å²) in [7, 11) is 0. The predicted octanol–water partition coefficient (Wildman–Crippen LogP) is 1.89. The lowest BCUT2D eigenvalue weighted by Crippen LogP contribution is -2.13. The third-order valence-corrected chi connectivity index (χ3v) is 1.75. The third kappa shape index (κ3) is 1.95. The van der Waals surface area contributed by atoms with Crippen molar-refractivity contribution in [3.8, 4) is 0 Å². The van der Waals surface area contributed by atoms with Crippen molar-refractivity contribution in [3.63, 3.8) is 0 Å². The number of nitrogen functional groups attached to an aromatic ring is 1. The molecule has 0 spiro atoms. The first-order valence-corrected chi connectivity index (χ1v) is 3.71. The van der Waals surface area contributed by atoms with E-state index in [1.807, 2.05) is 0 Å². The molecule has 0 amide bonds.